The predicted molar refractivity (Wildman–Crippen MR) is 78.3 cm³/mol. The van der Waals surface area contributed by atoms with Gasteiger partial charge >= 0.3 is 0 Å². The zero-order valence-electron chi connectivity index (χ0n) is 12.4. The summed E-state index contributed by atoms with van der Waals surface area (Å²) in [5.41, 5.74) is 7.51. The van der Waals surface area contributed by atoms with Gasteiger partial charge in [-0.05, 0) is 38.3 Å². The minimum absolute atomic E-state index is 0.486. The molecule has 20 heavy (non-hydrogen) atoms. The highest BCUT2D eigenvalue weighted by Gasteiger charge is 2.09. The van der Waals surface area contributed by atoms with E-state index in [0.29, 0.717) is 19.1 Å². The molecule has 0 radical (unpaired) electrons. The van der Waals surface area contributed by atoms with Crippen LogP contribution in [0, 0.1) is 0 Å². The topological polar surface area (TPSA) is 74.5 Å². The van der Waals surface area contributed by atoms with Crippen molar-refractivity contribution >= 4 is 0 Å². The van der Waals surface area contributed by atoms with Crippen LogP contribution in [0.5, 0.6) is 0 Å². The number of rotatable bonds is 8. The van der Waals surface area contributed by atoms with Crippen LogP contribution in [0.25, 0.3) is 0 Å². The van der Waals surface area contributed by atoms with E-state index in [2.05, 4.69) is 46.2 Å². The minimum atomic E-state index is 0.486. The Bertz CT molecular complexity index is 511. The zero-order valence-corrected chi connectivity index (χ0v) is 12.4. The highest BCUT2D eigenvalue weighted by molar-refractivity contribution is 5.02. The first-order valence-electron chi connectivity index (χ1n) is 7.39. The maximum Gasteiger partial charge on any atom is 0.0867 e. The number of aromatic nitrogens is 5. The molecular formula is C14H24N6. The van der Waals surface area contributed by atoms with Crippen molar-refractivity contribution in [1.29, 1.82) is 0 Å². The van der Waals surface area contributed by atoms with Gasteiger partial charge in [0.2, 0.25) is 0 Å². The van der Waals surface area contributed by atoms with Crippen LogP contribution in [-0.4, -0.2) is 31.3 Å². The third-order valence-electron chi connectivity index (χ3n) is 3.53. The first-order valence-corrected chi connectivity index (χ1v) is 7.39. The Morgan fingerprint density at radius 1 is 1.25 bits per heavy atom. The number of nitrogens with two attached hydrogens (primary N) is 1. The molecule has 0 aliphatic carbocycles. The molecule has 110 valence electrons. The number of hydrogen-bond donors (Lipinski definition) is 1. The van der Waals surface area contributed by atoms with Crippen LogP contribution in [0.4, 0.5) is 0 Å². The molecule has 0 fully saturated rings. The van der Waals surface area contributed by atoms with E-state index < -0.39 is 0 Å². The molecule has 2 aromatic heterocycles. The van der Waals surface area contributed by atoms with E-state index in [-0.39, 0.29) is 0 Å². The molecule has 6 nitrogen and oxygen atoms in total. The normalized spacial score (nSPS) is 11.4. The minimum Gasteiger partial charge on any atom is -0.330 e. The molecule has 0 aliphatic rings. The first kappa shape index (κ1) is 14.7. The van der Waals surface area contributed by atoms with Crippen LogP contribution in [0.2, 0.25) is 0 Å². The summed E-state index contributed by atoms with van der Waals surface area (Å²) in [6.45, 7) is 5.74. The van der Waals surface area contributed by atoms with Gasteiger partial charge in [0.05, 0.1) is 24.0 Å². The lowest BCUT2D eigenvalue weighted by atomic mass is 10.2. The van der Waals surface area contributed by atoms with Crippen molar-refractivity contribution in [3.8, 4) is 0 Å². The van der Waals surface area contributed by atoms with Gasteiger partial charge in [0.15, 0.2) is 0 Å². The molecule has 0 unspecified atom stereocenters. The first-order chi connectivity index (χ1) is 9.76. The van der Waals surface area contributed by atoms with E-state index in [1.807, 2.05) is 10.9 Å². The summed E-state index contributed by atoms with van der Waals surface area (Å²) in [5, 5.41) is 12.9. The fourth-order valence-corrected chi connectivity index (χ4v) is 2.31. The highest BCUT2D eigenvalue weighted by atomic mass is 15.4. The largest absolute Gasteiger partial charge is 0.330 e. The summed E-state index contributed by atoms with van der Waals surface area (Å²) < 4.78 is 3.90. The van der Waals surface area contributed by atoms with Crippen LogP contribution in [0.15, 0.2) is 18.5 Å². The van der Waals surface area contributed by atoms with Gasteiger partial charge in [-0.3, -0.25) is 4.68 Å². The standard InChI is InChI=1S/C14H24N6/c1-3-14(4-2)20-9-7-13(17-20)11-19-10-12(16-18-19)6-5-8-15/h7,9-10,14H,3-6,8,11,15H2,1-2H3. The van der Waals surface area contributed by atoms with Gasteiger partial charge in [0, 0.05) is 12.4 Å². The Labute approximate surface area is 120 Å². The molecular weight excluding hydrogens is 252 g/mol. The van der Waals surface area contributed by atoms with Crippen molar-refractivity contribution in [3.63, 3.8) is 0 Å². The quantitative estimate of drug-likeness (QED) is 0.797. The lowest BCUT2D eigenvalue weighted by molar-refractivity contribution is 0.423. The van der Waals surface area contributed by atoms with Crippen molar-refractivity contribution in [2.75, 3.05) is 6.54 Å². The molecule has 0 saturated carbocycles. The van der Waals surface area contributed by atoms with E-state index in [4.69, 9.17) is 5.73 Å². The van der Waals surface area contributed by atoms with E-state index in [1.165, 1.54) is 0 Å². The van der Waals surface area contributed by atoms with Crippen LogP contribution in [0.3, 0.4) is 0 Å². The summed E-state index contributed by atoms with van der Waals surface area (Å²) in [7, 11) is 0. The molecule has 0 spiro atoms. The molecule has 2 aromatic rings. The summed E-state index contributed by atoms with van der Waals surface area (Å²) >= 11 is 0. The summed E-state index contributed by atoms with van der Waals surface area (Å²) in [6.07, 6.45) is 8.07. The fourth-order valence-electron chi connectivity index (χ4n) is 2.31. The summed E-state index contributed by atoms with van der Waals surface area (Å²) in [6, 6.07) is 2.54. The third-order valence-corrected chi connectivity index (χ3v) is 3.53. The SMILES string of the molecule is CCC(CC)n1ccc(Cn2cc(CCCN)nn2)n1. The fraction of sp³-hybridized carbons (Fsp3) is 0.643. The van der Waals surface area contributed by atoms with Crippen molar-refractivity contribution in [3.05, 3.63) is 29.8 Å². The molecule has 0 aromatic carbocycles. The Hall–Kier alpha value is -1.69. The summed E-state index contributed by atoms with van der Waals surface area (Å²) in [5.74, 6) is 0. The molecule has 6 heteroatoms. The molecule has 0 atom stereocenters. The molecule has 0 saturated heterocycles. The monoisotopic (exact) mass is 276 g/mol. The Morgan fingerprint density at radius 2 is 2.05 bits per heavy atom. The lowest BCUT2D eigenvalue weighted by Gasteiger charge is -2.12. The second-order valence-corrected chi connectivity index (χ2v) is 5.06. The maximum atomic E-state index is 5.50. The zero-order chi connectivity index (χ0) is 14.4. The van der Waals surface area contributed by atoms with Crippen molar-refractivity contribution < 1.29 is 0 Å². The Morgan fingerprint density at radius 3 is 2.75 bits per heavy atom. The van der Waals surface area contributed by atoms with Crippen LogP contribution < -0.4 is 5.73 Å². The van der Waals surface area contributed by atoms with Gasteiger partial charge in [0.25, 0.3) is 0 Å². The molecule has 0 bridgehead atoms. The average Bonchev–Trinajstić information content (AvgIpc) is 3.08. The van der Waals surface area contributed by atoms with Crippen molar-refractivity contribution in [2.24, 2.45) is 5.73 Å². The smallest absolute Gasteiger partial charge is 0.0867 e. The van der Waals surface area contributed by atoms with E-state index in [1.54, 1.807) is 0 Å². The van der Waals surface area contributed by atoms with E-state index >= 15 is 0 Å². The summed E-state index contributed by atoms with van der Waals surface area (Å²) in [4.78, 5) is 0. The van der Waals surface area contributed by atoms with Gasteiger partial charge in [-0.2, -0.15) is 5.10 Å². The van der Waals surface area contributed by atoms with Crippen molar-refractivity contribution in [2.45, 2.75) is 52.1 Å². The van der Waals surface area contributed by atoms with Crippen molar-refractivity contribution in [1.82, 2.24) is 24.8 Å². The predicted octanol–water partition coefficient (Wildman–Crippen LogP) is 1.78. The van der Waals surface area contributed by atoms with Gasteiger partial charge in [0.1, 0.15) is 0 Å². The van der Waals surface area contributed by atoms with Crippen LogP contribution in [-0.2, 0) is 13.0 Å². The van der Waals surface area contributed by atoms with E-state index in [9.17, 15) is 0 Å². The van der Waals surface area contributed by atoms with Gasteiger partial charge in [-0.25, -0.2) is 4.68 Å². The number of nitrogens with zero attached hydrogens (tertiary/aromatic N) is 5. The van der Waals surface area contributed by atoms with E-state index in [0.717, 1.165) is 37.1 Å². The molecule has 2 rings (SSSR count). The average molecular weight is 276 g/mol. The Kier molecular flexibility index (Phi) is 5.29. The Balaban J connectivity index is 1.97. The number of aryl methyl sites for hydroxylation is 1. The highest BCUT2D eigenvalue weighted by Crippen LogP contribution is 2.14. The van der Waals surface area contributed by atoms with Crippen LogP contribution in [0.1, 0.15) is 50.5 Å². The second-order valence-electron chi connectivity index (χ2n) is 5.06. The molecule has 0 amide bonds. The van der Waals surface area contributed by atoms with Gasteiger partial charge in [-0.1, -0.05) is 19.1 Å². The molecule has 2 N–H and O–H groups in total. The third kappa shape index (κ3) is 3.66. The van der Waals surface area contributed by atoms with Gasteiger partial charge in [-0.15, -0.1) is 5.10 Å². The number of hydrogen-bond acceptors (Lipinski definition) is 4. The maximum absolute atomic E-state index is 5.50. The molecule has 0 aliphatic heterocycles. The van der Waals surface area contributed by atoms with Crippen LogP contribution >= 0.6 is 0 Å². The van der Waals surface area contributed by atoms with Gasteiger partial charge < -0.3 is 5.73 Å². The lowest BCUT2D eigenvalue weighted by Crippen LogP contribution is -2.09. The second kappa shape index (κ2) is 7.19. The molecule has 2 heterocycles.